The number of nitrogens with one attached hydrogen (secondary N) is 1. The fourth-order valence-electron chi connectivity index (χ4n) is 2.43. The summed E-state index contributed by atoms with van der Waals surface area (Å²) in [5, 5.41) is 3.38. The van der Waals surface area contributed by atoms with Gasteiger partial charge in [-0.15, -0.1) is 0 Å². The highest BCUT2D eigenvalue weighted by molar-refractivity contribution is 5.48. The van der Waals surface area contributed by atoms with Gasteiger partial charge in [-0.05, 0) is 49.9 Å². The summed E-state index contributed by atoms with van der Waals surface area (Å²) in [7, 11) is 0. The number of anilines is 1. The summed E-state index contributed by atoms with van der Waals surface area (Å²) >= 11 is 0. The van der Waals surface area contributed by atoms with Crippen LogP contribution < -0.4 is 14.8 Å². The van der Waals surface area contributed by atoms with Crippen molar-refractivity contribution in [3.63, 3.8) is 0 Å². The van der Waals surface area contributed by atoms with Gasteiger partial charge in [0.05, 0.1) is 6.61 Å². The molecule has 0 atom stereocenters. The van der Waals surface area contributed by atoms with Gasteiger partial charge in [-0.3, -0.25) is 0 Å². The molecule has 0 unspecified atom stereocenters. The van der Waals surface area contributed by atoms with E-state index in [0.29, 0.717) is 12.5 Å². The van der Waals surface area contributed by atoms with E-state index < -0.39 is 0 Å². The lowest BCUT2D eigenvalue weighted by Gasteiger charge is -2.12. The lowest BCUT2D eigenvalue weighted by atomic mass is 10.1. The molecule has 0 aliphatic carbocycles. The Kier molecular flexibility index (Phi) is 6.98. The van der Waals surface area contributed by atoms with Crippen molar-refractivity contribution in [2.24, 2.45) is 5.92 Å². The molecule has 3 heteroatoms. The predicted molar refractivity (Wildman–Crippen MR) is 101 cm³/mol. The van der Waals surface area contributed by atoms with Crippen LogP contribution in [-0.4, -0.2) is 19.8 Å². The van der Waals surface area contributed by atoms with Gasteiger partial charge >= 0.3 is 0 Å². The zero-order valence-corrected chi connectivity index (χ0v) is 15.3. The van der Waals surface area contributed by atoms with E-state index >= 15 is 0 Å². The van der Waals surface area contributed by atoms with Gasteiger partial charge in [0.15, 0.2) is 0 Å². The van der Waals surface area contributed by atoms with Crippen molar-refractivity contribution in [2.45, 2.75) is 34.1 Å². The van der Waals surface area contributed by atoms with E-state index in [1.54, 1.807) is 0 Å². The second-order valence-electron chi connectivity index (χ2n) is 6.60. The Hall–Kier alpha value is -2.16. The molecule has 2 aromatic carbocycles. The number of rotatable bonds is 9. The van der Waals surface area contributed by atoms with Crippen LogP contribution in [0.15, 0.2) is 42.5 Å². The first-order valence-electron chi connectivity index (χ1n) is 8.71. The Labute approximate surface area is 146 Å². The van der Waals surface area contributed by atoms with Crippen LogP contribution in [0, 0.1) is 19.8 Å². The predicted octanol–water partition coefficient (Wildman–Crippen LogP) is 5.22. The van der Waals surface area contributed by atoms with Gasteiger partial charge in [0.2, 0.25) is 0 Å². The molecule has 0 aliphatic rings. The maximum Gasteiger partial charge on any atom is 0.122 e. The van der Waals surface area contributed by atoms with Crippen molar-refractivity contribution >= 4 is 5.69 Å². The first-order chi connectivity index (χ1) is 11.5. The summed E-state index contributed by atoms with van der Waals surface area (Å²) in [5.41, 5.74) is 3.49. The SMILES string of the molecule is Cc1ccc(OCCNc2cccc(OCCC(C)C)c2)c(C)c1. The van der Waals surface area contributed by atoms with Crippen LogP contribution in [0.5, 0.6) is 11.5 Å². The van der Waals surface area contributed by atoms with E-state index in [1.165, 1.54) is 11.1 Å². The number of aryl methyl sites for hydroxylation is 2. The fraction of sp³-hybridized carbons (Fsp3) is 0.429. The van der Waals surface area contributed by atoms with E-state index in [-0.39, 0.29) is 0 Å². The molecule has 0 radical (unpaired) electrons. The highest BCUT2D eigenvalue weighted by Crippen LogP contribution is 2.19. The molecule has 0 aliphatic heterocycles. The van der Waals surface area contributed by atoms with E-state index in [0.717, 1.165) is 36.8 Å². The summed E-state index contributed by atoms with van der Waals surface area (Å²) < 4.78 is 11.6. The summed E-state index contributed by atoms with van der Waals surface area (Å²) in [6.07, 6.45) is 1.07. The van der Waals surface area contributed by atoms with Crippen LogP contribution in [0.25, 0.3) is 0 Å². The Bertz CT molecular complexity index is 637. The van der Waals surface area contributed by atoms with Crippen molar-refractivity contribution in [2.75, 3.05) is 25.1 Å². The standard InChI is InChI=1S/C21H29NO2/c1-16(2)10-12-23-20-7-5-6-19(15-20)22-11-13-24-21-9-8-17(3)14-18(21)4/h5-9,14-16,22H,10-13H2,1-4H3. The van der Waals surface area contributed by atoms with E-state index in [9.17, 15) is 0 Å². The van der Waals surface area contributed by atoms with Crippen molar-refractivity contribution in [1.82, 2.24) is 0 Å². The van der Waals surface area contributed by atoms with Crippen LogP contribution >= 0.6 is 0 Å². The molecule has 2 rings (SSSR count). The molecular weight excluding hydrogens is 298 g/mol. The second-order valence-corrected chi connectivity index (χ2v) is 6.60. The number of hydrogen-bond donors (Lipinski definition) is 1. The molecular formula is C21H29NO2. The highest BCUT2D eigenvalue weighted by atomic mass is 16.5. The third-order valence-corrected chi connectivity index (χ3v) is 3.82. The summed E-state index contributed by atoms with van der Waals surface area (Å²) in [4.78, 5) is 0. The average Bonchev–Trinajstić information content (AvgIpc) is 2.53. The molecule has 0 spiro atoms. The molecule has 130 valence electrons. The van der Waals surface area contributed by atoms with Gasteiger partial charge in [-0.25, -0.2) is 0 Å². The van der Waals surface area contributed by atoms with Crippen LogP contribution in [0.3, 0.4) is 0 Å². The maximum absolute atomic E-state index is 5.84. The Balaban J connectivity index is 1.75. The van der Waals surface area contributed by atoms with Gasteiger partial charge in [0.25, 0.3) is 0 Å². The van der Waals surface area contributed by atoms with E-state index in [2.05, 4.69) is 45.1 Å². The zero-order chi connectivity index (χ0) is 17.4. The Morgan fingerprint density at radius 3 is 2.54 bits per heavy atom. The van der Waals surface area contributed by atoms with Crippen LogP contribution in [0.2, 0.25) is 0 Å². The zero-order valence-electron chi connectivity index (χ0n) is 15.3. The Morgan fingerprint density at radius 2 is 1.79 bits per heavy atom. The first-order valence-corrected chi connectivity index (χ1v) is 8.71. The normalized spacial score (nSPS) is 10.7. The molecule has 3 nitrogen and oxygen atoms in total. The minimum Gasteiger partial charge on any atom is -0.494 e. The maximum atomic E-state index is 5.84. The minimum absolute atomic E-state index is 0.627. The molecule has 0 amide bonds. The van der Waals surface area contributed by atoms with Crippen LogP contribution in [0.1, 0.15) is 31.4 Å². The Morgan fingerprint density at radius 1 is 0.958 bits per heavy atom. The number of ether oxygens (including phenoxy) is 2. The topological polar surface area (TPSA) is 30.5 Å². The number of hydrogen-bond acceptors (Lipinski definition) is 3. The van der Waals surface area contributed by atoms with Crippen molar-refractivity contribution in [1.29, 1.82) is 0 Å². The molecule has 0 saturated heterocycles. The van der Waals surface area contributed by atoms with Gasteiger partial charge in [-0.1, -0.05) is 37.6 Å². The van der Waals surface area contributed by atoms with Gasteiger partial charge in [0, 0.05) is 18.3 Å². The average molecular weight is 327 g/mol. The van der Waals surface area contributed by atoms with E-state index in [1.807, 2.05) is 30.3 Å². The van der Waals surface area contributed by atoms with Gasteiger partial charge < -0.3 is 14.8 Å². The molecule has 0 fully saturated rings. The van der Waals surface area contributed by atoms with Crippen LogP contribution in [0.4, 0.5) is 5.69 Å². The third kappa shape index (κ3) is 6.15. The van der Waals surface area contributed by atoms with Crippen LogP contribution in [-0.2, 0) is 0 Å². The largest absolute Gasteiger partial charge is 0.494 e. The molecule has 1 N–H and O–H groups in total. The first kappa shape index (κ1) is 18.2. The molecule has 0 heterocycles. The monoisotopic (exact) mass is 327 g/mol. The van der Waals surface area contributed by atoms with Crippen molar-refractivity contribution in [3.8, 4) is 11.5 Å². The third-order valence-electron chi connectivity index (χ3n) is 3.82. The van der Waals surface area contributed by atoms with Gasteiger partial charge in [0.1, 0.15) is 18.1 Å². The lowest BCUT2D eigenvalue weighted by Crippen LogP contribution is -2.12. The molecule has 24 heavy (non-hydrogen) atoms. The number of benzene rings is 2. The molecule has 0 aromatic heterocycles. The quantitative estimate of drug-likeness (QED) is 0.641. The molecule has 0 saturated carbocycles. The van der Waals surface area contributed by atoms with Crippen molar-refractivity contribution in [3.05, 3.63) is 53.6 Å². The van der Waals surface area contributed by atoms with Crippen molar-refractivity contribution < 1.29 is 9.47 Å². The lowest BCUT2D eigenvalue weighted by molar-refractivity contribution is 0.289. The minimum atomic E-state index is 0.627. The summed E-state index contributed by atoms with van der Waals surface area (Å²) in [6.45, 7) is 10.7. The summed E-state index contributed by atoms with van der Waals surface area (Å²) in [5.74, 6) is 2.53. The summed E-state index contributed by atoms with van der Waals surface area (Å²) in [6, 6.07) is 14.3. The smallest absolute Gasteiger partial charge is 0.122 e. The molecule has 2 aromatic rings. The molecule has 0 bridgehead atoms. The second kappa shape index (κ2) is 9.21. The fourth-order valence-corrected chi connectivity index (χ4v) is 2.43. The van der Waals surface area contributed by atoms with E-state index in [4.69, 9.17) is 9.47 Å². The van der Waals surface area contributed by atoms with Gasteiger partial charge in [-0.2, -0.15) is 0 Å². The highest BCUT2D eigenvalue weighted by Gasteiger charge is 2.01.